The predicted octanol–water partition coefficient (Wildman–Crippen LogP) is 6.35. The maximum atomic E-state index is 12.9. The Bertz CT molecular complexity index is 919. The van der Waals surface area contributed by atoms with Gasteiger partial charge in [0.15, 0.2) is 0 Å². The summed E-state index contributed by atoms with van der Waals surface area (Å²) in [5, 5.41) is 4.89. The quantitative estimate of drug-likeness (QED) is 0.399. The van der Waals surface area contributed by atoms with E-state index in [1.165, 1.54) is 16.9 Å². The van der Waals surface area contributed by atoms with Crippen molar-refractivity contribution in [3.8, 4) is 5.75 Å². The number of carbonyl (C=O) groups is 1. The van der Waals surface area contributed by atoms with Gasteiger partial charge in [0, 0.05) is 11.4 Å². The van der Waals surface area contributed by atoms with Gasteiger partial charge in [-0.15, -0.1) is 22.7 Å². The number of thiazole rings is 1. The van der Waals surface area contributed by atoms with Crippen LogP contribution in [-0.4, -0.2) is 21.8 Å². The van der Waals surface area contributed by atoms with Gasteiger partial charge in [-0.1, -0.05) is 45.0 Å². The van der Waals surface area contributed by atoms with Crippen LogP contribution in [-0.2, 0) is 13.2 Å². The Morgan fingerprint density at radius 3 is 2.62 bits per heavy atom. The van der Waals surface area contributed by atoms with Crippen LogP contribution in [0.1, 0.15) is 66.0 Å². The lowest BCUT2D eigenvalue weighted by Crippen LogP contribution is -2.37. The molecule has 3 rings (SSSR count). The highest BCUT2D eigenvalue weighted by Gasteiger charge is 2.22. The molecule has 0 N–H and O–H groups in total. The third-order valence-corrected chi connectivity index (χ3v) is 6.67. The summed E-state index contributed by atoms with van der Waals surface area (Å²) in [6.07, 6.45) is 0.906. The number of hydrogen-bond acceptors (Lipinski definition) is 5. The van der Waals surface area contributed by atoms with E-state index >= 15 is 0 Å². The number of nitrogens with zero attached hydrogens (tertiary/aromatic N) is 2. The summed E-state index contributed by atoms with van der Waals surface area (Å²) in [6.45, 7) is 9.48. The van der Waals surface area contributed by atoms with Crippen molar-refractivity contribution in [1.29, 1.82) is 0 Å². The molecule has 154 valence electrons. The highest BCUT2D eigenvalue weighted by Crippen LogP contribution is 2.27. The Kier molecular flexibility index (Phi) is 7.45. The zero-order chi connectivity index (χ0) is 20.8. The molecule has 0 fully saturated rings. The van der Waals surface area contributed by atoms with Gasteiger partial charge in [-0.05, 0) is 42.3 Å². The second kappa shape index (κ2) is 10.0. The third-order valence-electron chi connectivity index (χ3n) is 4.94. The Hall–Kier alpha value is -2.18. The van der Waals surface area contributed by atoms with E-state index in [2.05, 4.69) is 33.8 Å². The topological polar surface area (TPSA) is 42.4 Å². The minimum atomic E-state index is 0.0750. The van der Waals surface area contributed by atoms with Crippen LogP contribution in [0.3, 0.4) is 0 Å². The van der Waals surface area contributed by atoms with Gasteiger partial charge in [-0.3, -0.25) is 4.79 Å². The monoisotopic (exact) mass is 428 g/mol. The molecule has 3 aromatic rings. The van der Waals surface area contributed by atoms with Crippen LogP contribution in [0.5, 0.6) is 5.75 Å². The highest BCUT2D eigenvalue weighted by atomic mass is 32.1. The standard InChI is InChI=1S/C23H28N2O2S2/c1-5-17(4)25(23(26)21-11-8-12-28-21)13-18-15-29-22(24-18)14-27-20-10-7-6-9-19(20)16(2)3/h6-12,15-17H,5,13-14H2,1-4H3/t17-/m0/s1. The molecule has 29 heavy (non-hydrogen) atoms. The zero-order valence-electron chi connectivity index (χ0n) is 17.4. The highest BCUT2D eigenvalue weighted by molar-refractivity contribution is 7.12. The van der Waals surface area contributed by atoms with Gasteiger partial charge in [0.1, 0.15) is 17.4 Å². The van der Waals surface area contributed by atoms with Gasteiger partial charge >= 0.3 is 0 Å². The van der Waals surface area contributed by atoms with Crippen LogP contribution in [0.25, 0.3) is 0 Å². The first kappa shape index (κ1) is 21.5. The van der Waals surface area contributed by atoms with Gasteiger partial charge in [0.2, 0.25) is 0 Å². The summed E-state index contributed by atoms with van der Waals surface area (Å²) in [5.74, 6) is 1.39. The Balaban J connectivity index is 1.68. The van der Waals surface area contributed by atoms with E-state index in [0.29, 0.717) is 19.1 Å². The van der Waals surface area contributed by atoms with Crippen molar-refractivity contribution in [3.63, 3.8) is 0 Å². The van der Waals surface area contributed by atoms with E-state index in [1.807, 2.05) is 46.0 Å². The largest absolute Gasteiger partial charge is 0.486 e. The SMILES string of the molecule is CC[C@H](C)N(Cc1csc(COc2ccccc2C(C)C)n1)C(=O)c1cccs1. The van der Waals surface area contributed by atoms with Gasteiger partial charge in [-0.25, -0.2) is 4.98 Å². The molecule has 1 aromatic carbocycles. The van der Waals surface area contributed by atoms with Crippen LogP contribution in [0, 0.1) is 0 Å². The van der Waals surface area contributed by atoms with Crippen molar-refractivity contribution in [2.75, 3.05) is 0 Å². The van der Waals surface area contributed by atoms with Crippen LogP contribution in [0.2, 0.25) is 0 Å². The Morgan fingerprint density at radius 1 is 1.14 bits per heavy atom. The number of ether oxygens (including phenoxy) is 1. The number of hydrogen-bond donors (Lipinski definition) is 0. The molecule has 0 saturated heterocycles. The van der Waals surface area contributed by atoms with Crippen LogP contribution >= 0.6 is 22.7 Å². The van der Waals surface area contributed by atoms with Crippen molar-refractivity contribution in [2.24, 2.45) is 0 Å². The number of thiophene rings is 1. The van der Waals surface area contributed by atoms with E-state index in [0.717, 1.165) is 27.7 Å². The van der Waals surface area contributed by atoms with Gasteiger partial charge in [-0.2, -0.15) is 0 Å². The van der Waals surface area contributed by atoms with Crippen molar-refractivity contribution in [3.05, 3.63) is 68.3 Å². The van der Waals surface area contributed by atoms with E-state index in [9.17, 15) is 4.79 Å². The first-order valence-corrected chi connectivity index (χ1v) is 11.7. The maximum Gasteiger partial charge on any atom is 0.264 e. The van der Waals surface area contributed by atoms with E-state index in [1.54, 1.807) is 11.3 Å². The fourth-order valence-corrected chi connectivity index (χ4v) is 4.46. The van der Waals surface area contributed by atoms with Crippen molar-refractivity contribution in [2.45, 2.75) is 59.2 Å². The predicted molar refractivity (Wildman–Crippen MR) is 121 cm³/mol. The first-order chi connectivity index (χ1) is 14.0. The van der Waals surface area contributed by atoms with Gasteiger partial charge in [0.05, 0.1) is 17.1 Å². The Morgan fingerprint density at radius 2 is 1.93 bits per heavy atom. The lowest BCUT2D eigenvalue weighted by molar-refractivity contribution is 0.0674. The minimum Gasteiger partial charge on any atom is -0.486 e. The summed E-state index contributed by atoms with van der Waals surface area (Å²) in [7, 11) is 0. The molecule has 4 nitrogen and oxygen atoms in total. The van der Waals surface area contributed by atoms with Crippen molar-refractivity contribution >= 4 is 28.6 Å². The molecule has 0 spiro atoms. The minimum absolute atomic E-state index is 0.0750. The third kappa shape index (κ3) is 5.46. The summed E-state index contributed by atoms with van der Waals surface area (Å²) < 4.78 is 6.05. The molecule has 0 aliphatic carbocycles. The fourth-order valence-electron chi connectivity index (χ4n) is 3.08. The molecule has 0 aliphatic rings. The maximum absolute atomic E-state index is 12.9. The first-order valence-electron chi connectivity index (χ1n) is 9.99. The average molecular weight is 429 g/mol. The lowest BCUT2D eigenvalue weighted by atomic mass is 10.0. The number of rotatable bonds is 9. The van der Waals surface area contributed by atoms with Crippen molar-refractivity contribution < 1.29 is 9.53 Å². The smallest absolute Gasteiger partial charge is 0.264 e. The van der Waals surface area contributed by atoms with Gasteiger partial charge in [0.25, 0.3) is 5.91 Å². The van der Waals surface area contributed by atoms with E-state index in [4.69, 9.17) is 9.72 Å². The molecule has 0 unspecified atom stereocenters. The molecule has 2 aromatic heterocycles. The molecular weight excluding hydrogens is 400 g/mol. The average Bonchev–Trinajstić information content (AvgIpc) is 3.41. The van der Waals surface area contributed by atoms with Crippen molar-refractivity contribution in [1.82, 2.24) is 9.88 Å². The molecule has 1 atom stereocenters. The summed E-state index contributed by atoms with van der Waals surface area (Å²) in [5.41, 5.74) is 2.12. The molecule has 6 heteroatoms. The molecular formula is C23H28N2O2S2. The molecule has 0 radical (unpaired) electrons. The number of aromatic nitrogens is 1. The van der Waals surface area contributed by atoms with Crippen LogP contribution in [0.4, 0.5) is 0 Å². The number of benzene rings is 1. The number of carbonyl (C=O) groups excluding carboxylic acids is 1. The summed E-state index contributed by atoms with van der Waals surface area (Å²) in [4.78, 5) is 20.3. The fraction of sp³-hybridized carbons (Fsp3) is 0.391. The number of amides is 1. The molecule has 0 saturated carbocycles. The van der Waals surface area contributed by atoms with Crippen LogP contribution < -0.4 is 4.74 Å². The lowest BCUT2D eigenvalue weighted by Gasteiger charge is -2.27. The van der Waals surface area contributed by atoms with Crippen LogP contribution in [0.15, 0.2) is 47.2 Å². The van der Waals surface area contributed by atoms with E-state index < -0.39 is 0 Å². The summed E-state index contributed by atoms with van der Waals surface area (Å²) in [6, 6.07) is 12.1. The van der Waals surface area contributed by atoms with E-state index in [-0.39, 0.29) is 11.9 Å². The molecule has 0 aliphatic heterocycles. The summed E-state index contributed by atoms with van der Waals surface area (Å²) >= 11 is 3.07. The zero-order valence-corrected chi connectivity index (χ0v) is 19.1. The second-order valence-electron chi connectivity index (χ2n) is 7.38. The molecule has 0 bridgehead atoms. The molecule has 1 amide bonds. The number of para-hydroxylation sites is 1. The second-order valence-corrected chi connectivity index (χ2v) is 9.27. The van der Waals surface area contributed by atoms with Gasteiger partial charge < -0.3 is 9.64 Å². The normalized spacial score (nSPS) is 12.2. The Labute approximate surface area is 181 Å². The molecule has 2 heterocycles.